The van der Waals surface area contributed by atoms with Gasteiger partial charge in [-0.15, -0.1) is 34.4 Å². The van der Waals surface area contributed by atoms with E-state index < -0.39 is 0 Å². The second kappa shape index (κ2) is 6.75. The molecule has 0 N–H and O–H groups in total. The number of hydrogen-bond acceptors (Lipinski definition) is 4. The predicted octanol–water partition coefficient (Wildman–Crippen LogP) is 5.32. The Morgan fingerprint density at radius 3 is 2.67 bits per heavy atom. The number of fused-ring (bicyclic) bond motifs is 1. The molecule has 24 heavy (non-hydrogen) atoms. The SMILES string of the molecule is CSc1ccc(C(=O)N2CCc3sccc3[C@H]2c2cccs2)cc1. The number of benzene rings is 1. The largest absolute Gasteiger partial charge is 0.326 e. The fraction of sp³-hybridized carbons (Fsp3) is 0.211. The topological polar surface area (TPSA) is 20.3 Å². The van der Waals surface area contributed by atoms with Crippen LogP contribution in [0.25, 0.3) is 0 Å². The summed E-state index contributed by atoms with van der Waals surface area (Å²) in [5.74, 6) is 0.123. The fourth-order valence-electron chi connectivity index (χ4n) is 3.19. The first-order chi connectivity index (χ1) is 11.8. The standard InChI is InChI=1S/C19H17NOS3/c1-22-14-6-4-13(5-7-14)19(21)20-10-8-16-15(9-12-24-16)18(20)17-3-2-11-23-17/h2-7,9,11-12,18H,8,10H2,1H3/t18-/m0/s1. The van der Waals surface area contributed by atoms with Crippen LogP contribution in [0.3, 0.4) is 0 Å². The molecule has 2 nitrogen and oxygen atoms in total. The molecule has 1 amide bonds. The van der Waals surface area contributed by atoms with Crippen molar-refractivity contribution in [2.24, 2.45) is 0 Å². The molecule has 0 spiro atoms. The minimum atomic E-state index is 0.0488. The number of carbonyl (C=O) groups is 1. The minimum absolute atomic E-state index is 0.0488. The monoisotopic (exact) mass is 371 g/mol. The van der Waals surface area contributed by atoms with Gasteiger partial charge in [0.25, 0.3) is 5.91 Å². The molecule has 1 aliphatic rings. The average molecular weight is 372 g/mol. The summed E-state index contributed by atoms with van der Waals surface area (Å²) < 4.78 is 0. The first kappa shape index (κ1) is 15.9. The Morgan fingerprint density at radius 1 is 1.12 bits per heavy atom. The van der Waals surface area contributed by atoms with E-state index in [1.807, 2.05) is 35.4 Å². The summed E-state index contributed by atoms with van der Waals surface area (Å²) in [6.07, 6.45) is 3.00. The normalized spacial score (nSPS) is 16.9. The molecule has 1 aromatic carbocycles. The molecular weight excluding hydrogens is 354 g/mol. The Hall–Kier alpha value is -1.56. The lowest BCUT2D eigenvalue weighted by molar-refractivity contribution is 0.0698. The molecule has 0 bridgehead atoms. The van der Waals surface area contributed by atoms with Gasteiger partial charge >= 0.3 is 0 Å². The highest BCUT2D eigenvalue weighted by molar-refractivity contribution is 7.98. The van der Waals surface area contributed by atoms with E-state index in [4.69, 9.17) is 0 Å². The summed E-state index contributed by atoms with van der Waals surface area (Å²) in [6.45, 7) is 0.777. The van der Waals surface area contributed by atoms with Crippen molar-refractivity contribution in [1.82, 2.24) is 4.90 Å². The van der Waals surface area contributed by atoms with Crippen molar-refractivity contribution >= 4 is 40.3 Å². The molecule has 0 radical (unpaired) electrons. The lowest BCUT2D eigenvalue weighted by Gasteiger charge is -2.35. The smallest absolute Gasteiger partial charge is 0.254 e. The molecule has 122 valence electrons. The highest BCUT2D eigenvalue weighted by atomic mass is 32.2. The fourth-order valence-corrected chi connectivity index (χ4v) is 5.35. The van der Waals surface area contributed by atoms with Crippen LogP contribution in [-0.4, -0.2) is 23.6 Å². The highest BCUT2D eigenvalue weighted by Crippen LogP contribution is 2.40. The molecular formula is C19H17NOS3. The number of rotatable bonds is 3. The van der Waals surface area contributed by atoms with Crippen LogP contribution in [0.2, 0.25) is 0 Å². The zero-order valence-electron chi connectivity index (χ0n) is 13.3. The van der Waals surface area contributed by atoms with E-state index in [9.17, 15) is 4.79 Å². The third kappa shape index (κ3) is 2.81. The van der Waals surface area contributed by atoms with Gasteiger partial charge in [0.05, 0.1) is 6.04 Å². The van der Waals surface area contributed by atoms with Gasteiger partial charge in [-0.3, -0.25) is 4.79 Å². The van der Waals surface area contributed by atoms with Gasteiger partial charge in [-0.1, -0.05) is 6.07 Å². The van der Waals surface area contributed by atoms with Gasteiger partial charge in [-0.05, 0) is 65.4 Å². The first-order valence-corrected chi connectivity index (χ1v) is 10.8. The summed E-state index contributed by atoms with van der Waals surface area (Å²) in [7, 11) is 0. The van der Waals surface area contributed by atoms with E-state index >= 15 is 0 Å². The number of amides is 1. The zero-order chi connectivity index (χ0) is 16.5. The predicted molar refractivity (Wildman–Crippen MR) is 103 cm³/mol. The number of hydrogen-bond donors (Lipinski definition) is 0. The van der Waals surface area contributed by atoms with Crippen LogP contribution in [0.15, 0.2) is 58.1 Å². The molecule has 4 rings (SSSR count). The van der Waals surface area contributed by atoms with Crippen molar-refractivity contribution in [2.75, 3.05) is 12.8 Å². The van der Waals surface area contributed by atoms with E-state index in [0.29, 0.717) is 0 Å². The maximum atomic E-state index is 13.2. The van der Waals surface area contributed by atoms with E-state index in [0.717, 1.165) is 18.5 Å². The third-order valence-electron chi connectivity index (χ3n) is 4.38. The van der Waals surface area contributed by atoms with Crippen LogP contribution in [-0.2, 0) is 6.42 Å². The number of carbonyl (C=O) groups excluding carboxylic acids is 1. The van der Waals surface area contributed by atoms with Crippen molar-refractivity contribution in [3.05, 3.63) is 74.1 Å². The third-order valence-corrected chi connectivity index (χ3v) is 7.04. The number of thioether (sulfide) groups is 1. The van der Waals surface area contributed by atoms with Gasteiger partial charge in [0, 0.05) is 26.8 Å². The van der Waals surface area contributed by atoms with Gasteiger partial charge in [-0.2, -0.15) is 0 Å². The van der Waals surface area contributed by atoms with Crippen LogP contribution in [0.4, 0.5) is 0 Å². The molecule has 2 aromatic heterocycles. The van der Waals surface area contributed by atoms with E-state index in [1.54, 1.807) is 34.4 Å². The van der Waals surface area contributed by atoms with E-state index in [2.05, 4.69) is 29.0 Å². The van der Waals surface area contributed by atoms with Crippen LogP contribution in [0.1, 0.15) is 31.7 Å². The second-order valence-electron chi connectivity index (χ2n) is 5.69. The molecule has 0 unspecified atom stereocenters. The van der Waals surface area contributed by atoms with Crippen molar-refractivity contribution in [3.8, 4) is 0 Å². The van der Waals surface area contributed by atoms with Gasteiger partial charge in [0.15, 0.2) is 0 Å². The molecule has 1 aliphatic heterocycles. The summed E-state index contributed by atoms with van der Waals surface area (Å²) in [6, 6.07) is 14.4. The Morgan fingerprint density at radius 2 is 1.96 bits per heavy atom. The lowest BCUT2D eigenvalue weighted by Crippen LogP contribution is -2.39. The van der Waals surface area contributed by atoms with E-state index in [-0.39, 0.29) is 11.9 Å². The van der Waals surface area contributed by atoms with Crippen molar-refractivity contribution < 1.29 is 4.79 Å². The quantitative estimate of drug-likeness (QED) is 0.581. The molecule has 3 heterocycles. The maximum Gasteiger partial charge on any atom is 0.254 e. The summed E-state index contributed by atoms with van der Waals surface area (Å²) in [5.41, 5.74) is 2.07. The van der Waals surface area contributed by atoms with Gasteiger partial charge in [0.1, 0.15) is 0 Å². The highest BCUT2D eigenvalue weighted by Gasteiger charge is 2.33. The maximum absolute atomic E-state index is 13.2. The minimum Gasteiger partial charge on any atom is -0.326 e. The second-order valence-corrected chi connectivity index (χ2v) is 8.55. The average Bonchev–Trinajstić information content (AvgIpc) is 3.31. The lowest BCUT2D eigenvalue weighted by atomic mass is 9.97. The Bertz CT molecular complexity index is 836. The summed E-state index contributed by atoms with van der Waals surface area (Å²) >= 11 is 5.22. The van der Waals surface area contributed by atoms with Gasteiger partial charge in [0.2, 0.25) is 0 Å². The van der Waals surface area contributed by atoms with Crippen LogP contribution in [0.5, 0.6) is 0 Å². The van der Waals surface area contributed by atoms with Crippen LogP contribution >= 0.6 is 34.4 Å². The Labute approximate surface area is 154 Å². The van der Waals surface area contributed by atoms with E-state index in [1.165, 1.54) is 20.2 Å². The Kier molecular flexibility index (Phi) is 4.48. The van der Waals surface area contributed by atoms with Crippen molar-refractivity contribution in [1.29, 1.82) is 0 Å². The van der Waals surface area contributed by atoms with Crippen LogP contribution < -0.4 is 0 Å². The van der Waals surface area contributed by atoms with Gasteiger partial charge < -0.3 is 4.90 Å². The molecule has 3 aromatic rings. The number of thiophene rings is 2. The van der Waals surface area contributed by atoms with Gasteiger partial charge in [-0.25, -0.2) is 0 Å². The Balaban J connectivity index is 1.71. The van der Waals surface area contributed by atoms with Crippen LogP contribution in [0, 0.1) is 0 Å². The van der Waals surface area contributed by atoms with Crippen molar-refractivity contribution in [2.45, 2.75) is 17.4 Å². The summed E-state index contributed by atoms with van der Waals surface area (Å²) in [5, 5.41) is 4.23. The zero-order valence-corrected chi connectivity index (χ0v) is 15.7. The molecule has 0 saturated heterocycles. The molecule has 5 heteroatoms. The first-order valence-electron chi connectivity index (χ1n) is 7.82. The molecule has 0 saturated carbocycles. The van der Waals surface area contributed by atoms with Crippen molar-refractivity contribution in [3.63, 3.8) is 0 Å². The summed E-state index contributed by atoms with van der Waals surface area (Å²) in [4.78, 5) is 19.0. The molecule has 1 atom stereocenters. The number of nitrogens with zero attached hydrogens (tertiary/aromatic N) is 1. The molecule has 0 aliphatic carbocycles. The molecule has 0 fully saturated rings.